The lowest BCUT2D eigenvalue weighted by molar-refractivity contribution is -0.347. The number of esters is 1. The van der Waals surface area contributed by atoms with Crippen molar-refractivity contribution in [2.24, 2.45) is 23.7 Å². The molecule has 18 heteroatoms. The molecule has 0 aromatic heterocycles. The smallest absolute Gasteiger partial charge is 0.308 e. The van der Waals surface area contributed by atoms with E-state index in [-0.39, 0.29) is 153 Å². The summed E-state index contributed by atoms with van der Waals surface area (Å²) in [4.78, 5) is 14.6. The van der Waals surface area contributed by atoms with Crippen LogP contribution in [0.3, 0.4) is 0 Å². The number of aliphatic hydroxyl groups excluding tert-OH is 2. The SMILES string of the molecule is C=C1CC2CCC34CC5(C)OC6C(O3)C3OC(CCC3OC6C5O4)CC(=O)OC3C(CC4OC(CCC1O2)CC(C)C4=C)OC1CC2OC4(CC2OC1C3C)CC1OC2(CC(C)C3OC(C(O)CCO)CC3O2)CC(C)C1O4. The minimum atomic E-state index is -0.902. The van der Waals surface area contributed by atoms with Crippen molar-refractivity contribution in [3.63, 3.8) is 0 Å². The molecule has 31 unspecified atom stereocenters. The van der Waals surface area contributed by atoms with Crippen LogP contribution in [0.15, 0.2) is 24.3 Å². The molecule has 16 aliphatic rings. The van der Waals surface area contributed by atoms with Gasteiger partial charge in [-0.1, -0.05) is 40.9 Å². The number of fused-ring (bicyclic) bond motifs is 10. The Balaban J connectivity index is 0.666. The van der Waals surface area contributed by atoms with Gasteiger partial charge in [0.1, 0.15) is 42.2 Å². The summed E-state index contributed by atoms with van der Waals surface area (Å²) in [5.41, 5.74) is 1.62. The molecule has 0 aromatic rings. The fourth-order valence-corrected chi connectivity index (χ4v) is 18.4. The van der Waals surface area contributed by atoms with Gasteiger partial charge in [-0.2, -0.15) is 0 Å². The van der Waals surface area contributed by atoms with Crippen molar-refractivity contribution in [1.29, 1.82) is 0 Å². The van der Waals surface area contributed by atoms with E-state index in [4.69, 9.17) is 71.1 Å². The molecule has 16 heterocycles. The summed E-state index contributed by atoms with van der Waals surface area (Å²) in [6.45, 7) is 20.0. The lowest BCUT2D eigenvalue weighted by Gasteiger charge is -2.50. The van der Waals surface area contributed by atoms with Crippen molar-refractivity contribution < 1.29 is 86.1 Å². The predicted molar refractivity (Wildman–Crippen MR) is 272 cm³/mol. The summed E-state index contributed by atoms with van der Waals surface area (Å²) in [5, 5.41) is 20.2. The molecule has 434 valence electrons. The first-order valence-corrected chi connectivity index (χ1v) is 30.6. The Kier molecular flexibility index (Phi) is 13.2. The van der Waals surface area contributed by atoms with Gasteiger partial charge >= 0.3 is 5.97 Å². The molecular formula is C60H86O18. The van der Waals surface area contributed by atoms with E-state index in [0.717, 1.165) is 49.7 Å². The zero-order chi connectivity index (χ0) is 53.4. The number of rotatable bonds is 3. The Labute approximate surface area is 458 Å². The molecular weight excluding hydrogens is 1010 g/mol. The largest absolute Gasteiger partial charge is 0.459 e. The van der Waals surface area contributed by atoms with Crippen LogP contribution in [0.2, 0.25) is 0 Å². The van der Waals surface area contributed by atoms with Crippen LogP contribution in [-0.4, -0.2) is 186 Å². The Hall–Kier alpha value is -1.69. The molecule has 3 spiro atoms. The second-order valence-electron chi connectivity index (χ2n) is 27.7. The maximum absolute atomic E-state index is 14.6. The first-order valence-electron chi connectivity index (χ1n) is 30.6. The average Bonchev–Trinajstić information content (AvgIpc) is 3.65. The number of aliphatic hydroxyl groups is 2. The van der Waals surface area contributed by atoms with Gasteiger partial charge in [0, 0.05) is 70.3 Å². The van der Waals surface area contributed by atoms with E-state index in [1.54, 1.807) is 0 Å². The topological polar surface area (TPSA) is 196 Å². The van der Waals surface area contributed by atoms with Crippen molar-refractivity contribution in [3.8, 4) is 0 Å². The van der Waals surface area contributed by atoms with Crippen molar-refractivity contribution >= 4 is 5.97 Å². The molecule has 0 saturated carbocycles. The molecule has 2 N–H and O–H groups in total. The molecule has 18 nitrogen and oxygen atoms in total. The molecule has 0 aliphatic carbocycles. The Morgan fingerprint density at radius 2 is 1.26 bits per heavy atom. The molecule has 31 atom stereocenters. The van der Waals surface area contributed by atoms with Gasteiger partial charge in [0.25, 0.3) is 0 Å². The van der Waals surface area contributed by atoms with E-state index >= 15 is 0 Å². The summed E-state index contributed by atoms with van der Waals surface area (Å²) >= 11 is 0. The maximum Gasteiger partial charge on any atom is 0.308 e. The van der Waals surface area contributed by atoms with Gasteiger partial charge in [-0.25, -0.2) is 0 Å². The van der Waals surface area contributed by atoms with Crippen LogP contribution >= 0.6 is 0 Å². The first-order chi connectivity index (χ1) is 37.4. The highest BCUT2D eigenvalue weighted by Crippen LogP contribution is 2.60. The van der Waals surface area contributed by atoms with Crippen molar-refractivity contribution in [2.45, 2.75) is 314 Å². The lowest BCUT2D eigenvalue weighted by atomic mass is 9.79. The van der Waals surface area contributed by atoms with Crippen LogP contribution in [0, 0.1) is 23.7 Å². The van der Waals surface area contributed by atoms with Crippen LogP contribution in [0.1, 0.15) is 150 Å². The number of ether oxygens (including phenoxy) is 15. The van der Waals surface area contributed by atoms with Crippen LogP contribution in [0.25, 0.3) is 0 Å². The third-order valence-corrected chi connectivity index (χ3v) is 22.0. The molecule has 16 rings (SSSR count). The van der Waals surface area contributed by atoms with E-state index in [2.05, 4.69) is 47.8 Å². The van der Waals surface area contributed by atoms with Gasteiger partial charge in [0.2, 0.25) is 0 Å². The van der Waals surface area contributed by atoms with Crippen molar-refractivity contribution in [2.75, 3.05) is 6.61 Å². The van der Waals surface area contributed by atoms with Crippen molar-refractivity contribution in [3.05, 3.63) is 24.3 Å². The number of hydrogen-bond donors (Lipinski definition) is 2. The van der Waals surface area contributed by atoms with E-state index in [0.29, 0.717) is 64.2 Å². The Morgan fingerprint density at radius 3 is 2.10 bits per heavy atom. The zero-order valence-electron chi connectivity index (χ0n) is 46.4. The minimum absolute atomic E-state index is 0.00853. The van der Waals surface area contributed by atoms with E-state index in [1.165, 1.54) is 0 Å². The summed E-state index contributed by atoms with van der Waals surface area (Å²) in [7, 11) is 0. The van der Waals surface area contributed by atoms with Gasteiger partial charge in [0.15, 0.2) is 17.4 Å². The highest BCUT2D eigenvalue weighted by atomic mass is 16.8. The first kappa shape index (κ1) is 53.1. The Bertz CT molecular complexity index is 2340. The number of carbonyl (C=O) groups is 1. The minimum Gasteiger partial charge on any atom is -0.459 e. The second kappa shape index (κ2) is 19.4. The normalized spacial score (nSPS) is 58.3. The number of hydrogen-bond acceptors (Lipinski definition) is 18. The summed E-state index contributed by atoms with van der Waals surface area (Å²) in [5.74, 6) is -2.62. The van der Waals surface area contributed by atoms with Crippen LogP contribution in [-0.2, 0) is 75.8 Å². The quantitative estimate of drug-likeness (QED) is 0.248. The standard InChI is InChI=1S/C60H86O18/c1-27-16-33-8-10-37-28(2)17-35(64-37)12-14-58-26-57(7)56(78-58)55-54(75-57)53(77-58)52-38(68-55)11-9-34(66-52)18-47(63)71-51-32(6)50-43(67-42(51)19-39(65-33)31(27)5)21-41-45(70-50)24-60(72-41)25-46-49(76-60)30(4)23-59(74-46)22-29(3)48-44(73-59)20-40(69-48)36(62)13-15-61/h27,29-30,32-46,48-56,61-62H,2,5,8-26H2,1,3-4,6-7H3. The van der Waals surface area contributed by atoms with Gasteiger partial charge < -0.3 is 81.3 Å². The summed E-state index contributed by atoms with van der Waals surface area (Å²) < 4.78 is 104. The average molecular weight is 1100 g/mol. The molecule has 0 radical (unpaired) electrons. The highest BCUT2D eigenvalue weighted by Gasteiger charge is 2.73. The molecule has 12 bridgehead atoms. The predicted octanol–water partition coefficient (Wildman–Crippen LogP) is 5.95. The molecule has 16 fully saturated rings. The fourth-order valence-electron chi connectivity index (χ4n) is 18.4. The zero-order valence-corrected chi connectivity index (χ0v) is 46.4. The van der Waals surface area contributed by atoms with E-state index < -0.39 is 59.6 Å². The van der Waals surface area contributed by atoms with E-state index in [1.807, 2.05) is 0 Å². The van der Waals surface area contributed by atoms with Crippen LogP contribution in [0.5, 0.6) is 0 Å². The number of carbonyl (C=O) groups excluding carboxylic acids is 1. The van der Waals surface area contributed by atoms with Gasteiger partial charge in [-0.05, 0) is 87.2 Å². The third-order valence-electron chi connectivity index (χ3n) is 22.0. The highest BCUT2D eigenvalue weighted by molar-refractivity contribution is 5.70. The molecule has 16 aliphatic heterocycles. The summed E-state index contributed by atoms with van der Waals surface area (Å²) in [6.07, 6.45) is 4.17. The fraction of sp³-hybridized carbons (Fsp3) is 0.917. The van der Waals surface area contributed by atoms with Crippen LogP contribution < -0.4 is 0 Å². The summed E-state index contributed by atoms with van der Waals surface area (Å²) in [6, 6.07) is 0. The monoisotopic (exact) mass is 1090 g/mol. The van der Waals surface area contributed by atoms with Gasteiger partial charge in [-0.3, -0.25) is 4.79 Å². The molecule has 0 amide bonds. The second-order valence-corrected chi connectivity index (χ2v) is 27.7. The maximum atomic E-state index is 14.6. The molecule has 0 aromatic carbocycles. The van der Waals surface area contributed by atoms with Gasteiger partial charge in [0.05, 0.1) is 110 Å². The lowest BCUT2D eigenvalue weighted by Crippen LogP contribution is -2.62. The molecule has 78 heavy (non-hydrogen) atoms. The van der Waals surface area contributed by atoms with Crippen LogP contribution in [0.4, 0.5) is 0 Å². The molecule has 16 saturated heterocycles. The third kappa shape index (κ3) is 8.86. The van der Waals surface area contributed by atoms with Gasteiger partial charge in [-0.15, -0.1) is 0 Å². The van der Waals surface area contributed by atoms with Crippen molar-refractivity contribution in [1.82, 2.24) is 0 Å². The Morgan fingerprint density at radius 1 is 0.551 bits per heavy atom. The van der Waals surface area contributed by atoms with E-state index in [9.17, 15) is 15.0 Å².